The third-order valence-corrected chi connectivity index (χ3v) is 2.96. The van der Waals surface area contributed by atoms with Gasteiger partial charge in [-0.1, -0.05) is 19.7 Å². The first-order valence-electron chi connectivity index (χ1n) is 4.38. The lowest BCUT2D eigenvalue weighted by Gasteiger charge is -2.33. The summed E-state index contributed by atoms with van der Waals surface area (Å²) in [7, 11) is 2.21. The Balaban J connectivity index is 2.27. The number of rotatable bonds is 2. The summed E-state index contributed by atoms with van der Waals surface area (Å²) in [6, 6.07) is 0.795. The van der Waals surface area contributed by atoms with Crippen LogP contribution in [-0.2, 0) is 0 Å². The summed E-state index contributed by atoms with van der Waals surface area (Å²) in [4.78, 5) is 2.43. The largest absolute Gasteiger partial charge is 0.304 e. The average molecular weight is 174 g/mol. The average Bonchev–Trinajstić information content (AvgIpc) is 2.05. The van der Waals surface area contributed by atoms with Crippen LogP contribution in [0.4, 0.5) is 0 Å². The molecule has 0 amide bonds. The molecule has 0 spiro atoms. The number of hydrogen-bond acceptors (Lipinski definition) is 3. The van der Waals surface area contributed by atoms with Gasteiger partial charge >= 0.3 is 0 Å². The first-order valence-corrected chi connectivity index (χ1v) is 4.78. The molecular weight excluding hydrogens is 156 g/mol. The molecular formula is C8H18N2S. The van der Waals surface area contributed by atoms with Crippen molar-refractivity contribution in [3.05, 3.63) is 0 Å². The topological polar surface area (TPSA) is 6.48 Å². The zero-order valence-electron chi connectivity index (χ0n) is 7.45. The van der Waals surface area contributed by atoms with Gasteiger partial charge in [-0.2, -0.15) is 0 Å². The molecule has 1 rings (SSSR count). The lowest BCUT2D eigenvalue weighted by molar-refractivity contribution is 0.181. The van der Waals surface area contributed by atoms with Crippen molar-refractivity contribution in [1.82, 2.24) is 9.21 Å². The number of nitrogens with zero attached hydrogens (tertiary/aromatic N) is 2. The zero-order chi connectivity index (χ0) is 8.27. The molecule has 66 valence electrons. The molecule has 0 radical (unpaired) electrons. The molecule has 0 aromatic rings. The molecule has 0 unspecified atom stereocenters. The van der Waals surface area contributed by atoms with Gasteiger partial charge < -0.3 is 4.90 Å². The Morgan fingerprint density at radius 2 is 2.00 bits per heavy atom. The Morgan fingerprint density at radius 3 is 2.45 bits per heavy atom. The summed E-state index contributed by atoms with van der Waals surface area (Å²) in [5.41, 5.74) is 0. The lowest BCUT2D eigenvalue weighted by Crippen LogP contribution is -2.40. The minimum atomic E-state index is 0.795. The normalized spacial score (nSPS) is 22.9. The molecule has 1 fully saturated rings. The summed E-state index contributed by atoms with van der Waals surface area (Å²) < 4.78 is 2.11. The fraction of sp³-hybridized carbons (Fsp3) is 1.00. The van der Waals surface area contributed by atoms with Gasteiger partial charge in [-0.3, -0.25) is 4.31 Å². The van der Waals surface area contributed by atoms with Crippen molar-refractivity contribution in [2.24, 2.45) is 0 Å². The van der Waals surface area contributed by atoms with E-state index in [-0.39, 0.29) is 0 Å². The molecule has 0 N–H and O–H groups in total. The van der Waals surface area contributed by atoms with Gasteiger partial charge in [-0.05, 0) is 26.4 Å². The smallest absolute Gasteiger partial charge is 0.0117 e. The molecule has 2 nitrogen and oxygen atoms in total. The summed E-state index contributed by atoms with van der Waals surface area (Å²) in [6.07, 6.45) is 2.54. The van der Waals surface area contributed by atoms with Crippen molar-refractivity contribution in [1.29, 1.82) is 0 Å². The maximum absolute atomic E-state index is 4.31. The second-order valence-electron chi connectivity index (χ2n) is 3.26. The minimum absolute atomic E-state index is 0.795. The quantitative estimate of drug-likeness (QED) is 0.629. The van der Waals surface area contributed by atoms with Crippen LogP contribution >= 0.6 is 12.8 Å². The van der Waals surface area contributed by atoms with Crippen LogP contribution < -0.4 is 0 Å². The van der Waals surface area contributed by atoms with E-state index in [4.69, 9.17) is 0 Å². The minimum Gasteiger partial charge on any atom is -0.304 e. The van der Waals surface area contributed by atoms with Crippen molar-refractivity contribution < 1.29 is 0 Å². The van der Waals surface area contributed by atoms with Crippen molar-refractivity contribution in [2.45, 2.75) is 25.8 Å². The Bertz CT molecular complexity index is 111. The van der Waals surface area contributed by atoms with Crippen molar-refractivity contribution in [2.75, 3.05) is 26.7 Å². The Kier molecular flexibility index (Phi) is 3.69. The van der Waals surface area contributed by atoms with E-state index in [1.54, 1.807) is 0 Å². The van der Waals surface area contributed by atoms with Crippen LogP contribution in [0, 0.1) is 0 Å². The molecule has 11 heavy (non-hydrogen) atoms. The molecule has 1 saturated heterocycles. The standard InChI is InChI=1S/C8H18N2S/c1-3-9(2)8-4-6-10(11)7-5-8/h8,11H,3-7H2,1-2H3. The molecule has 0 aliphatic carbocycles. The molecule has 1 aliphatic rings. The molecule has 0 atom stereocenters. The van der Waals surface area contributed by atoms with Gasteiger partial charge in [0.25, 0.3) is 0 Å². The number of piperidine rings is 1. The molecule has 0 aromatic heterocycles. The highest BCUT2D eigenvalue weighted by atomic mass is 32.1. The van der Waals surface area contributed by atoms with Crippen molar-refractivity contribution in [3.8, 4) is 0 Å². The van der Waals surface area contributed by atoms with Gasteiger partial charge in [0, 0.05) is 19.1 Å². The van der Waals surface area contributed by atoms with Crippen molar-refractivity contribution in [3.63, 3.8) is 0 Å². The predicted octanol–water partition coefficient (Wildman–Crippen LogP) is 1.25. The van der Waals surface area contributed by atoms with E-state index >= 15 is 0 Å². The highest BCUT2D eigenvalue weighted by Crippen LogP contribution is 2.15. The monoisotopic (exact) mass is 174 g/mol. The van der Waals surface area contributed by atoms with E-state index in [1.165, 1.54) is 12.8 Å². The van der Waals surface area contributed by atoms with Crippen molar-refractivity contribution >= 4 is 12.8 Å². The first kappa shape index (κ1) is 9.36. The fourth-order valence-corrected chi connectivity index (χ4v) is 1.78. The third kappa shape index (κ3) is 2.65. The number of thiol groups is 1. The summed E-state index contributed by atoms with van der Waals surface area (Å²) in [6.45, 7) is 5.65. The van der Waals surface area contributed by atoms with Crippen LogP contribution in [-0.4, -0.2) is 41.9 Å². The fourth-order valence-electron chi connectivity index (χ4n) is 1.55. The second kappa shape index (κ2) is 4.33. The predicted molar refractivity (Wildman–Crippen MR) is 51.9 cm³/mol. The molecule has 3 heteroatoms. The third-order valence-electron chi connectivity index (χ3n) is 2.56. The van der Waals surface area contributed by atoms with E-state index in [0.717, 1.165) is 25.7 Å². The molecule has 0 aromatic carbocycles. The van der Waals surface area contributed by atoms with E-state index in [0.29, 0.717) is 0 Å². The van der Waals surface area contributed by atoms with E-state index in [1.807, 2.05) is 0 Å². The highest BCUT2D eigenvalue weighted by Gasteiger charge is 2.19. The Morgan fingerprint density at radius 1 is 1.45 bits per heavy atom. The van der Waals surface area contributed by atoms with Gasteiger partial charge in [-0.25, -0.2) is 0 Å². The van der Waals surface area contributed by atoms with Crippen LogP contribution in [0.1, 0.15) is 19.8 Å². The SMILES string of the molecule is CCN(C)C1CCN(S)CC1. The Labute approximate surface area is 75.1 Å². The first-order chi connectivity index (χ1) is 5.24. The van der Waals surface area contributed by atoms with E-state index in [2.05, 4.69) is 36.0 Å². The van der Waals surface area contributed by atoms with E-state index in [9.17, 15) is 0 Å². The molecule has 0 saturated carbocycles. The van der Waals surface area contributed by atoms with Gasteiger partial charge in [-0.15, -0.1) is 0 Å². The van der Waals surface area contributed by atoms with E-state index < -0.39 is 0 Å². The van der Waals surface area contributed by atoms with Gasteiger partial charge in [0.2, 0.25) is 0 Å². The van der Waals surface area contributed by atoms with Crippen LogP contribution in [0.15, 0.2) is 0 Å². The van der Waals surface area contributed by atoms with Crippen LogP contribution in [0.5, 0.6) is 0 Å². The van der Waals surface area contributed by atoms with Gasteiger partial charge in [0.15, 0.2) is 0 Å². The summed E-state index contributed by atoms with van der Waals surface area (Å²) in [5, 5.41) is 0. The summed E-state index contributed by atoms with van der Waals surface area (Å²) in [5.74, 6) is 0. The highest BCUT2D eigenvalue weighted by molar-refractivity contribution is 7.77. The molecule has 1 aliphatic heterocycles. The van der Waals surface area contributed by atoms with Crippen LogP contribution in [0.25, 0.3) is 0 Å². The summed E-state index contributed by atoms with van der Waals surface area (Å²) >= 11 is 4.31. The Hall–Kier alpha value is 0.270. The molecule has 0 bridgehead atoms. The lowest BCUT2D eigenvalue weighted by atomic mass is 10.1. The van der Waals surface area contributed by atoms with Crippen LogP contribution in [0.3, 0.4) is 0 Å². The van der Waals surface area contributed by atoms with Gasteiger partial charge in [0.05, 0.1) is 0 Å². The maximum Gasteiger partial charge on any atom is 0.0117 e. The molecule has 1 heterocycles. The van der Waals surface area contributed by atoms with Crippen LogP contribution in [0.2, 0.25) is 0 Å². The van der Waals surface area contributed by atoms with Gasteiger partial charge in [0.1, 0.15) is 0 Å². The number of hydrogen-bond donors (Lipinski definition) is 1. The maximum atomic E-state index is 4.31. The second-order valence-corrected chi connectivity index (χ2v) is 3.82. The zero-order valence-corrected chi connectivity index (χ0v) is 8.35.